The Morgan fingerprint density at radius 2 is 1.84 bits per heavy atom. The molecule has 0 heterocycles. The van der Waals surface area contributed by atoms with E-state index < -0.39 is 11.6 Å². The fourth-order valence-corrected chi connectivity index (χ4v) is 2.46. The maximum atomic E-state index is 13.2. The minimum Gasteiger partial charge on any atom is -0.328 e. The molecule has 2 N–H and O–H groups in total. The van der Waals surface area contributed by atoms with Crippen molar-refractivity contribution < 1.29 is 13.6 Å². The summed E-state index contributed by atoms with van der Waals surface area (Å²) in [6.45, 7) is 0. The third-order valence-electron chi connectivity index (χ3n) is 3.74. The molecule has 3 nitrogen and oxygen atoms in total. The molecule has 5 heteroatoms. The van der Waals surface area contributed by atoms with Crippen LogP contribution in [0.5, 0.6) is 0 Å². The number of benzene rings is 1. The highest BCUT2D eigenvalue weighted by atomic mass is 19.2. The van der Waals surface area contributed by atoms with E-state index in [1.54, 1.807) is 7.05 Å². The zero-order valence-electron chi connectivity index (χ0n) is 10.9. The molecule has 104 valence electrons. The second-order valence-corrected chi connectivity index (χ2v) is 5.11. The minimum absolute atomic E-state index is 0.0575. The first-order valence-electron chi connectivity index (χ1n) is 6.47. The average Bonchev–Trinajstić information content (AvgIpc) is 2.41. The van der Waals surface area contributed by atoms with Crippen LogP contribution in [-0.4, -0.2) is 19.0 Å². The SMILES string of the molecule is CN(C(=O)C1CCC(N)CC1)c1ccc(F)c(F)c1. The van der Waals surface area contributed by atoms with E-state index in [9.17, 15) is 13.6 Å². The molecule has 0 saturated heterocycles. The van der Waals surface area contributed by atoms with Gasteiger partial charge in [0.1, 0.15) is 0 Å². The molecule has 1 aromatic rings. The standard InChI is InChI=1S/C14H18F2N2O/c1-18(11-6-7-12(15)13(16)8-11)14(19)9-2-4-10(17)5-3-9/h6-10H,2-5,17H2,1H3. The molecular formula is C14H18F2N2O. The number of rotatable bonds is 2. The maximum absolute atomic E-state index is 13.2. The molecule has 0 spiro atoms. The van der Waals surface area contributed by atoms with Crippen LogP contribution >= 0.6 is 0 Å². The van der Waals surface area contributed by atoms with Crippen molar-refractivity contribution in [3.05, 3.63) is 29.8 Å². The van der Waals surface area contributed by atoms with E-state index in [1.165, 1.54) is 11.0 Å². The molecule has 0 aromatic heterocycles. The normalized spacial score (nSPS) is 23.2. The van der Waals surface area contributed by atoms with Gasteiger partial charge < -0.3 is 10.6 Å². The zero-order valence-corrected chi connectivity index (χ0v) is 10.9. The van der Waals surface area contributed by atoms with E-state index >= 15 is 0 Å². The molecule has 19 heavy (non-hydrogen) atoms. The van der Waals surface area contributed by atoms with Crippen molar-refractivity contribution in [2.75, 3.05) is 11.9 Å². The van der Waals surface area contributed by atoms with E-state index in [-0.39, 0.29) is 17.9 Å². The summed E-state index contributed by atoms with van der Waals surface area (Å²) >= 11 is 0. The number of carbonyl (C=O) groups excluding carboxylic acids is 1. The van der Waals surface area contributed by atoms with Gasteiger partial charge in [-0.05, 0) is 37.8 Å². The molecule has 0 radical (unpaired) electrons. The Hall–Kier alpha value is -1.49. The maximum Gasteiger partial charge on any atom is 0.229 e. The Morgan fingerprint density at radius 3 is 2.42 bits per heavy atom. The first-order valence-corrected chi connectivity index (χ1v) is 6.47. The van der Waals surface area contributed by atoms with E-state index in [2.05, 4.69) is 0 Å². The van der Waals surface area contributed by atoms with Gasteiger partial charge >= 0.3 is 0 Å². The van der Waals surface area contributed by atoms with Gasteiger partial charge in [0.05, 0.1) is 0 Å². The van der Waals surface area contributed by atoms with Crippen LogP contribution < -0.4 is 10.6 Å². The van der Waals surface area contributed by atoms with Crippen LogP contribution in [0.25, 0.3) is 0 Å². The van der Waals surface area contributed by atoms with Crippen molar-refractivity contribution in [2.24, 2.45) is 11.7 Å². The fourth-order valence-electron chi connectivity index (χ4n) is 2.46. The number of hydrogen-bond donors (Lipinski definition) is 1. The van der Waals surface area contributed by atoms with Crippen LogP contribution in [0.1, 0.15) is 25.7 Å². The van der Waals surface area contributed by atoms with Crippen molar-refractivity contribution in [3.8, 4) is 0 Å². The van der Waals surface area contributed by atoms with Gasteiger partial charge in [-0.3, -0.25) is 4.79 Å². The number of amides is 1. The minimum atomic E-state index is -0.942. The molecule has 1 amide bonds. The van der Waals surface area contributed by atoms with Gasteiger partial charge in [0.2, 0.25) is 5.91 Å². The summed E-state index contributed by atoms with van der Waals surface area (Å²) in [7, 11) is 1.59. The van der Waals surface area contributed by atoms with E-state index in [4.69, 9.17) is 5.73 Å². The first-order chi connectivity index (χ1) is 8.99. The average molecular weight is 268 g/mol. The lowest BCUT2D eigenvalue weighted by Crippen LogP contribution is -2.37. The quantitative estimate of drug-likeness (QED) is 0.895. The molecule has 0 aliphatic heterocycles. The van der Waals surface area contributed by atoms with Gasteiger partial charge in [-0.2, -0.15) is 0 Å². The van der Waals surface area contributed by atoms with Crippen LogP contribution in [0.4, 0.5) is 14.5 Å². The zero-order chi connectivity index (χ0) is 14.0. The van der Waals surface area contributed by atoms with Crippen LogP contribution in [0, 0.1) is 17.6 Å². The molecule has 1 fully saturated rings. The predicted octanol–water partition coefficient (Wildman–Crippen LogP) is 2.45. The van der Waals surface area contributed by atoms with Crippen molar-refractivity contribution in [1.29, 1.82) is 0 Å². The molecule has 2 rings (SSSR count). The van der Waals surface area contributed by atoms with Crippen molar-refractivity contribution in [2.45, 2.75) is 31.7 Å². The predicted molar refractivity (Wildman–Crippen MR) is 69.7 cm³/mol. The number of halogens is 2. The van der Waals surface area contributed by atoms with Crippen LogP contribution in [-0.2, 0) is 4.79 Å². The van der Waals surface area contributed by atoms with Crippen molar-refractivity contribution in [1.82, 2.24) is 0 Å². The summed E-state index contributed by atoms with van der Waals surface area (Å²) in [4.78, 5) is 13.7. The second kappa shape index (κ2) is 5.65. The highest BCUT2D eigenvalue weighted by Gasteiger charge is 2.27. The van der Waals surface area contributed by atoms with Gasteiger partial charge in [0, 0.05) is 30.8 Å². The summed E-state index contributed by atoms with van der Waals surface area (Å²) in [6.07, 6.45) is 3.19. The smallest absolute Gasteiger partial charge is 0.229 e. The van der Waals surface area contributed by atoms with Gasteiger partial charge in [0.15, 0.2) is 11.6 Å². The summed E-state index contributed by atoms with van der Waals surface area (Å²) in [6, 6.07) is 3.66. The Kier molecular flexibility index (Phi) is 4.14. The van der Waals surface area contributed by atoms with Crippen molar-refractivity contribution in [3.63, 3.8) is 0 Å². The Labute approximate surface area is 111 Å². The summed E-state index contributed by atoms with van der Waals surface area (Å²) in [5, 5.41) is 0. The molecule has 1 saturated carbocycles. The lowest BCUT2D eigenvalue weighted by atomic mass is 9.85. The fraction of sp³-hybridized carbons (Fsp3) is 0.500. The first kappa shape index (κ1) is 13.9. The van der Waals surface area contributed by atoms with Crippen LogP contribution in [0.15, 0.2) is 18.2 Å². The monoisotopic (exact) mass is 268 g/mol. The topological polar surface area (TPSA) is 46.3 Å². The number of hydrogen-bond acceptors (Lipinski definition) is 2. The van der Waals surface area contributed by atoms with Gasteiger partial charge in [-0.25, -0.2) is 8.78 Å². The van der Waals surface area contributed by atoms with Gasteiger partial charge in [0.25, 0.3) is 0 Å². The third kappa shape index (κ3) is 3.10. The Balaban J connectivity index is 2.08. The van der Waals surface area contributed by atoms with Gasteiger partial charge in [-0.1, -0.05) is 0 Å². The molecule has 1 aliphatic rings. The summed E-state index contributed by atoms with van der Waals surface area (Å²) < 4.78 is 26.0. The molecule has 1 aliphatic carbocycles. The molecule has 0 bridgehead atoms. The second-order valence-electron chi connectivity index (χ2n) is 5.11. The lowest BCUT2D eigenvalue weighted by Gasteiger charge is -2.29. The van der Waals surface area contributed by atoms with E-state index in [1.807, 2.05) is 0 Å². The van der Waals surface area contributed by atoms with Crippen LogP contribution in [0.2, 0.25) is 0 Å². The third-order valence-corrected chi connectivity index (χ3v) is 3.74. The molecule has 0 unspecified atom stereocenters. The summed E-state index contributed by atoms with van der Waals surface area (Å²) in [5.41, 5.74) is 6.18. The van der Waals surface area contributed by atoms with E-state index in [0.717, 1.165) is 37.8 Å². The molecule has 0 atom stereocenters. The summed E-state index contributed by atoms with van der Waals surface area (Å²) in [5.74, 6) is -1.98. The number of nitrogens with zero attached hydrogens (tertiary/aromatic N) is 1. The number of nitrogens with two attached hydrogens (primary N) is 1. The molecular weight excluding hydrogens is 250 g/mol. The highest BCUT2D eigenvalue weighted by Crippen LogP contribution is 2.27. The number of anilines is 1. The van der Waals surface area contributed by atoms with E-state index in [0.29, 0.717) is 5.69 Å². The largest absolute Gasteiger partial charge is 0.328 e. The lowest BCUT2D eigenvalue weighted by molar-refractivity contribution is -0.123. The highest BCUT2D eigenvalue weighted by molar-refractivity contribution is 5.94. The van der Waals surface area contributed by atoms with Gasteiger partial charge in [-0.15, -0.1) is 0 Å². The Morgan fingerprint density at radius 1 is 1.21 bits per heavy atom. The molecule has 1 aromatic carbocycles. The van der Waals surface area contributed by atoms with Crippen LogP contribution in [0.3, 0.4) is 0 Å². The van der Waals surface area contributed by atoms with Crippen molar-refractivity contribution >= 4 is 11.6 Å². The Bertz CT molecular complexity index is 471. The number of carbonyl (C=O) groups is 1.